The van der Waals surface area contributed by atoms with Crippen molar-refractivity contribution in [1.29, 1.82) is 0 Å². The Morgan fingerprint density at radius 1 is 1.24 bits per heavy atom. The van der Waals surface area contributed by atoms with E-state index in [9.17, 15) is 9.90 Å². The van der Waals surface area contributed by atoms with E-state index in [4.69, 9.17) is 9.47 Å². The van der Waals surface area contributed by atoms with Crippen LogP contribution in [0.3, 0.4) is 0 Å². The van der Waals surface area contributed by atoms with E-state index < -0.39 is 6.10 Å². The molecule has 0 radical (unpaired) electrons. The molecule has 2 unspecified atom stereocenters. The summed E-state index contributed by atoms with van der Waals surface area (Å²) in [6.07, 6.45) is -0.365. The molecule has 1 aliphatic heterocycles. The quantitative estimate of drug-likeness (QED) is 0.367. The fraction of sp³-hybridized carbons (Fsp3) is 0.353. The molecule has 25 heavy (non-hydrogen) atoms. The first kappa shape index (κ1) is 20.1. The molecule has 1 aliphatic rings. The maximum Gasteiger partial charge on any atom is 0.248 e. The molecule has 3 rings (SSSR count). The Morgan fingerprint density at radius 3 is 2.56 bits per heavy atom. The second kappa shape index (κ2) is 10.0. The Bertz CT molecular complexity index is 688. The van der Waals surface area contributed by atoms with Gasteiger partial charge in [-0.1, -0.05) is 0 Å². The topological polar surface area (TPSA) is 93.3 Å². The second-order valence-corrected chi connectivity index (χ2v) is 5.23. The van der Waals surface area contributed by atoms with Crippen LogP contribution < -0.4 is 10.3 Å². The summed E-state index contributed by atoms with van der Waals surface area (Å²) < 4.78 is 19.2. The largest absolute Gasteiger partial charge is 0.553 e. The molecule has 1 aromatic carbocycles. The van der Waals surface area contributed by atoms with Gasteiger partial charge in [0.15, 0.2) is 0 Å². The second-order valence-electron chi connectivity index (χ2n) is 5.23. The third-order valence-electron chi connectivity index (χ3n) is 3.16. The minimum absolute atomic E-state index is 0. The first-order valence-corrected chi connectivity index (χ1v) is 7.42. The van der Waals surface area contributed by atoms with Crippen LogP contribution in [0.1, 0.15) is 0 Å². The number of nitrogens with one attached hydrogen (secondary N) is 1. The SMILES string of the molecule is [CH2-]OCC(O)COc1ccc2ccc(=O)[nH]c2c1.[CH2-]OCC1CO1.[Rf]. The predicted molar refractivity (Wildman–Crippen MR) is 88.4 cm³/mol. The van der Waals surface area contributed by atoms with Crippen LogP contribution in [0, 0.1) is 14.2 Å². The van der Waals surface area contributed by atoms with E-state index in [1.807, 2.05) is 6.07 Å². The van der Waals surface area contributed by atoms with Crippen LogP contribution in [0.15, 0.2) is 35.1 Å². The molecule has 2 aromatic rings. The molecule has 1 fully saturated rings. The van der Waals surface area contributed by atoms with E-state index in [0.29, 0.717) is 24.0 Å². The van der Waals surface area contributed by atoms with Gasteiger partial charge in [-0.3, -0.25) is 4.79 Å². The number of hydrogen-bond donors (Lipinski definition) is 2. The van der Waals surface area contributed by atoms with Crippen molar-refractivity contribution >= 4 is 10.9 Å². The Kier molecular flexibility index (Phi) is 8.08. The van der Waals surface area contributed by atoms with Crippen LogP contribution in [-0.4, -0.2) is 48.7 Å². The van der Waals surface area contributed by atoms with Crippen LogP contribution >= 0.6 is 0 Å². The van der Waals surface area contributed by atoms with Crippen molar-refractivity contribution in [3.8, 4) is 5.75 Å². The average molecular weight is 602 g/mol. The third-order valence-corrected chi connectivity index (χ3v) is 3.16. The van der Waals surface area contributed by atoms with Gasteiger partial charge in [0.05, 0.1) is 12.1 Å². The Balaban J connectivity index is 0.000000379. The molecule has 0 amide bonds. The van der Waals surface area contributed by atoms with E-state index in [0.717, 1.165) is 12.0 Å². The monoisotopic (exact) mass is 602 g/mol. The van der Waals surface area contributed by atoms with Gasteiger partial charge in [-0.05, 0) is 23.6 Å². The smallest absolute Gasteiger partial charge is 0.248 e. The first-order valence-electron chi connectivity index (χ1n) is 7.42. The van der Waals surface area contributed by atoms with Crippen LogP contribution in [0.4, 0.5) is 0 Å². The zero-order chi connectivity index (χ0) is 17.4. The Morgan fingerprint density at radius 2 is 1.96 bits per heavy atom. The molecule has 0 bridgehead atoms. The van der Waals surface area contributed by atoms with E-state index in [1.165, 1.54) is 6.07 Å². The number of hydrogen-bond acceptors (Lipinski definition) is 6. The number of aliphatic hydroxyl groups excluding tert-OH is 1. The summed E-state index contributed by atoms with van der Waals surface area (Å²) in [6, 6.07) is 8.54. The number of fused-ring (bicyclic) bond motifs is 1. The van der Waals surface area contributed by atoms with Gasteiger partial charge < -0.3 is 29.0 Å². The molecule has 7 nitrogen and oxygen atoms in total. The number of rotatable bonds is 7. The Hall–Kier alpha value is -2.93. The molecule has 0 aliphatic carbocycles. The number of aromatic nitrogens is 1. The van der Waals surface area contributed by atoms with Crippen molar-refractivity contribution in [2.75, 3.05) is 26.4 Å². The maximum atomic E-state index is 11.2. The van der Waals surface area contributed by atoms with Crippen molar-refractivity contribution in [3.05, 3.63) is 54.9 Å². The summed E-state index contributed by atoms with van der Waals surface area (Å²) in [7, 11) is 6.36. The van der Waals surface area contributed by atoms with Crippen LogP contribution in [0.2, 0.25) is 0 Å². The van der Waals surface area contributed by atoms with Crippen LogP contribution in [0.5, 0.6) is 5.75 Å². The zero-order valence-electron chi connectivity index (χ0n) is 14.0. The summed E-state index contributed by atoms with van der Waals surface area (Å²) in [4.78, 5) is 13.9. The minimum atomic E-state index is -0.729. The van der Waals surface area contributed by atoms with Crippen LogP contribution in [-0.2, 0) is 14.2 Å². The molecule has 2 N–H and O–H groups in total. The van der Waals surface area contributed by atoms with Gasteiger partial charge in [0.25, 0.3) is 0 Å². The normalized spacial score (nSPS) is 16.4. The molecule has 0 spiro atoms. The summed E-state index contributed by atoms with van der Waals surface area (Å²) >= 11 is 0. The minimum Gasteiger partial charge on any atom is -0.553 e. The molecule has 0 saturated carbocycles. The molecule has 8 heteroatoms. The van der Waals surface area contributed by atoms with Gasteiger partial charge in [0.1, 0.15) is 24.6 Å². The Labute approximate surface area is 140 Å². The van der Waals surface area contributed by atoms with Gasteiger partial charge >= 0.3 is 0 Å². The summed E-state index contributed by atoms with van der Waals surface area (Å²) in [5.74, 6) is 0.576. The van der Waals surface area contributed by atoms with Crippen molar-refractivity contribution < 1.29 is 24.1 Å². The number of H-pyrrole nitrogens is 1. The van der Waals surface area contributed by atoms with E-state index >= 15 is 0 Å². The zero-order valence-corrected chi connectivity index (χ0v) is 20.4. The number of ether oxygens (including phenoxy) is 4. The molecule has 1 saturated heterocycles. The van der Waals surface area contributed by atoms with Gasteiger partial charge in [0.2, 0.25) is 5.56 Å². The third kappa shape index (κ3) is 7.01. The van der Waals surface area contributed by atoms with Gasteiger partial charge in [-0.2, -0.15) is 0 Å². The van der Waals surface area contributed by atoms with E-state index in [-0.39, 0.29) is 18.8 Å². The number of pyridine rings is 1. The van der Waals surface area contributed by atoms with Crippen molar-refractivity contribution in [2.45, 2.75) is 12.2 Å². The number of benzene rings is 1. The van der Waals surface area contributed by atoms with Crippen molar-refractivity contribution in [3.63, 3.8) is 0 Å². The van der Waals surface area contributed by atoms with E-state index in [2.05, 4.69) is 28.7 Å². The first-order chi connectivity index (χ1) is 11.6. The summed E-state index contributed by atoms with van der Waals surface area (Å²) in [6.45, 7) is 1.73. The molecular formula is C17H21NO6Rf-2. The number of aromatic amines is 1. The number of aliphatic hydroxyl groups is 1. The molecule has 1 aromatic heterocycles. The number of epoxide rings is 1. The standard InChI is InChI=1S/C13H14NO4.C4H7O2.Rf/c1-17-7-10(15)8-18-11-4-2-9-3-5-13(16)14-12(9)6-11;1-5-2-4-3-6-4;/h2-6,10,15H,1,7-8H2,(H,14,16);4H,1-3H2;/q2*-1;. The maximum absolute atomic E-state index is 11.2. The molecule has 2 heterocycles. The fourth-order valence-electron chi connectivity index (χ4n) is 1.89. The van der Waals surface area contributed by atoms with Crippen LogP contribution in [0.25, 0.3) is 10.9 Å². The fourth-order valence-corrected chi connectivity index (χ4v) is 1.89. The summed E-state index contributed by atoms with van der Waals surface area (Å²) in [5.41, 5.74) is 0.535. The molecular weight excluding hydrogens is 581 g/mol. The summed E-state index contributed by atoms with van der Waals surface area (Å²) in [5, 5.41) is 10.3. The predicted octanol–water partition coefficient (Wildman–Crippen LogP) is 1.27. The van der Waals surface area contributed by atoms with Gasteiger partial charge in [-0.15, -0.1) is 0 Å². The average Bonchev–Trinajstić information content (AvgIpc) is 3.38. The van der Waals surface area contributed by atoms with Gasteiger partial charge in [0, 0.05) is 25.3 Å². The van der Waals surface area contributed by atoms with Gasteiger partial charge in [-0.25, -0.2) is 14.2 Å². The van der Waals surface area contributed by atoms with E-state index in [1.54, 1.807) is 18.2 Å². The van der Waals surface area contributed by atoms with Crippen molar-refractivity contribution in [1.82, 2.24) is 4.98 Å². The molecule has 134 valence electrons. The van der Waals surface area contributed by atoms with Crippen molar-refractivity contribution in [2.24, 2.45) is 0 Å². The molecule has 2 atom stereocenters.